The van der Waals surface area contributed by atoms with Gasteiger partial charge in [0.25, 0.3) is 0 Å². The second kappa shape index (κ2) is 5.71. The van der Waals surface area contributed by atoms with E-state index in [2.05, 4.69) is 48.9 Å². The summed E-state index contributed by atoms with van der Waals surface area (Å²) in [5, 5.41) is 3.59. The molecule has 1 rings (SSSR count). The number of rotatable bonds is 5. The monoisotopic (exact) mass is 273 g/mol. The first-order valence-corrected chi connectivity index (χ1v) is 6.34. The Hall–Kier alpha value is -0.280. The number of hydrogen-bond acceptors (Lipinski definition) is 2. The summed E-state index contributed by atoms with van der Waals surface area (Å²) >= 11 is 3.48. The molecular weight excluding hydrogens is 254 g/mol. The van der Waals surface area contributed by atoms with Crippen LogP contribution in [-0.4, -0.2) is 6.04 Å². The molecule has 0 aromatic carbocycles. The van der Waals surface area contributed by atoms with Crippen LogP contribution in [0, 0.1) is 5.92 Å². The lowest BCUT2D eigenvalue weighted by Gasteiger charge is -2.24. The average molecular weight is 274 g/mol. The first-order valence-electron chi connectivity index (χ1n) is 5.55. The molecule has 0 aliphatic carbocycles. The minimum Gasteiger partial charge on any atom is -0.466 e. The molecular formula is C12H20BrNO. The van der Waals surface area contributed by atoms with Crippen LogP contribution in [-0.2, 0) is 0 Å². The van der Waals surface area contributed by atoms with Gasteiger partial charge >= 0.3 is 0 Å². The van der Waals surface area contributed by atoms with Crippen LogP contribution in [0.25, 0.3) is 0 Å². The van der Waals surface area contributed by atoms with Crippen LogP contribution in [0.5, 0.6) is 0 Å². The SMILES string of the molecule is CCC(NC(C)c1occc1Br)C(C)C. The van der Waals surface area contributed by atoms with Crippen molar-refractivity contribution in [2.24, 2.45) is 5.92 Å². The zero-order chi connectivity index (χ0) is 11.4. The van der Waals surface area contributed by atoms with E-state index in [1.165, 1.54) is 0 Å². The second-order valence-electron chi connectivity index (χ2n) is 4.28. The van der Waals surface area contributed by atoms with E-state index >= 15 is 0 Å². The molecule has 0 fully saturated rings. The van der Waals surface area contributed by atoms with E-state index in [1.54, 1.807) is 6.26 Å². The smallest absolute Gasteiger partial charge is 0.134 e. The number of hydrogen-bond donors (Lipinski definition) is 1. The third-order valence-electron chi connectivity index (χ3n) is 2.75. The molecule has 2 atom stereocenters. The Morgan fingerprint density at radius 2 is 2.07 bits per heavy atom. The van der Waals surface area contributed by atoms with Crippen molar-refractivity contribution in [3.8, 4) is 0 Å². The molecule has 0 aliphatic rings. The quantitative estimate of drug-likeness (QED) is 0.873. The summed E-state index contributed by atoms with van der Waals surface area (Å²) in [5.74, 6) is 1.63. The van der Waals surface area contributed by atoms with Crippen molar-refractivity contribution in [1.29, 1.82) is 0 Å². The Morgan fingerprint density at radius 1 is 1.40 bits per heavy atom. The highest BCUT2D eigenvalue weighted by molar-refractivity contribution is 9.10. The van der Waals surface area contributed by atoms with Crippen molar-refractivity contribution in [2.45, 2.75) is 46.2 Å². The predicted octanol–water partition coefficient (Wildman–Crippen LogP) is 4.13. The topological polar surface area (TPSA) is 25.2 Å². The summed E-state index contributed by atoms with van der Waals surface area (Å²) in [4.78, 5) is 0. The molecule has 1 aromatic rings. The maximum Gasteiger partial charge on any atom is 0.134 e. The van der Waals surface area contributed by atoms with Crippen LogP contribution in [0.1, 0.15) is 45.9 Å². The molecule has 0 saturated carbocycles. The molecule has 0 bridgehead atoms. The Bertz CT molecular complexity index is 296. The molecule has 2 unspecified atom stereocenters. The fourth-order valence-electron chi connectivity index (χ4n) is 1.79. The molecule has 0 saturated heterocycles. The summed E-state index contributed by atoms with van der Waals surface area (Å²) in [6.07, 6.45) is 2.86. The number of furan rings is 1. The van der Waals surface area contributed by atoms with Crippen molar-refractivity contribution in [2.75, 3.05) is 0 Å². The molecule has 0 amide bonds. The van der Waals surface area contributed by atoms with Crippen LogP contribution in [0.2, 0.25) is 0 Å². The molecule has 0 radical (unpaired) electrons. The Balaban J connectivity index is 2.62. The van der Waals surface area contributed by atoms with E-state index < -0.39 is 0 Å². The second-order valence-corrected chi connectivity index (χ2v) is 5.13. The van der Waals surface area contributed by atoms with Gasteiger partial charge in [0.1, 0.15) is 5.76 Å². The van der Waals surface area contributed by atoms with Gasteiger partial charge in [-0.05, 0) is 41.3 Å². The lowest BCUT2D eigenvalue weighted by atomic mass is 10.0. The van der Waals surface area contributed by atoms with Crippen molar-refractivity contribution in [3.05, 3.63) is 22.6 Å². The Labute approximate surface area is 101 Å². The Kier molecular flexibility index (Phi) is 4.87. The fourth-order valence-corrected chi connectivity index (χ4v) is 2.34. The van der Waals surface area contributed by atoms with E-state index in [1.807, 2.05) is 6.07 Å². The van der Waals surface area contributed by atoms with Crippen molar-refractivity contribution >= 4 is 15.9 Å². The van der Waals surface area contributed by atoms with Gasteiger partial charge in [0.15, 0.2) is 0 Å². The normalized spacial score (nSPS) is 15.6. The van der Waals surface area contributed by atoms with Crippen molar-refractivity contribution in [3.63, 3.8) is 0 Å². The van der Waals surface area contributed by atoms with Gasteiger partial charge in [-0.3, -0.25) is 0 Å². The van der Waals surface area contributed by atoms with Gasteiger partial charge < -0.3 is 9.73 Å². The van der Waals surface area contributed by atoms with E-state index in [4.69, 9.17) is 4.42 Å². The summed E-state index contributed by atoms with van der Waals surface area (Å²) < 4.78 is 6.48. The molecule has 1 N–H and O–H groups in total. The lowest BCUT2D eigenvalue weighted by Crippen LogP contribution is -2.35. The summed E-state index contributed by atoms with van der Waals surface area (Å²) in [6.45, 7) is 8.83. The number of halogens is 1. The first-order chi connectivity index (χ1) is 7.06. The molecule has 0 spiro atoms. The van der Waals surface area contributed by atoms with Gasteiger partial charge in [0.05, 0.1) is 16.8 Å². The summed E-state index contributed by atoms with van der Waals surface area (Å²) in [5.41, 5.74) is 0. The molecule has 0 aliphatic heterocycles. The third-order valence-corrected chi connectivity index (χ3v) is 3.40. The van der Waals surface area contributed by atoms with E-state index in [0.717, 1.165) is 16.7 Å². The zero-order valence-electron chi connectivity index (χ0n) is 9.88. The molecule has 15 heavy (non-hydrogen) atoms. The lowest BCUT2D eigenvalue weighted by molar-refractivity contribution is 0.327. The highest BCUT2D eigenvalue weighted by Crippen LogP contribution is 2.25. The minimum absolute atomic E-state index is 0.252. The van der Waals surface area contributed by atoms with Gasteiger partial charge in [-0.1, -0.05) is 20.8 Å². The maximum absolute atomic E-state index is 5.44. The maximum atomic E-state index is 5.44. The van der Waals surface area contributed by atoms with Crippen LogP contribution in [0.3, 0.4) is 0 Å². The predicted molar refractivity (Wildman–Crippen MR) is 66.9 cm³/mol. The molecule has 1 heterocycles. The van der Waals surface area contributed by atoms with Crippen LogP contribution in [0.4, 0.5) is 0 Å². The van der Waals surface area contributed by atoms with E-state index in [9.17, 15) is 0 Å². The highest BCUT2D eigenvalue weighted by atomic mass is 79.9. The van der Waals surface area contributed by atoms with Gasteiger partial charge in [-0.15, -0.1) is 0 Å². The molecule has 86 valence electrons. The minimum atomic E-state index is 0.252. The molecule has 1 aromatic heterocycles. The third kappa shape index (κ3) is 3.35. The van der Waals surface area contributed by atoms with Gasteiger partial charge in [-0.25, -0.2) is 0 Å². The van der Waals surface area contributed by atoms with Gasteiger partial charge in [-0.2, -0.15) is 0 Å². The summed E-state index contributed by atoms with van der Waals surface area (Å²) in [6, 6.07) is 2.72. The Morgan fingerprint density at radius 3 is 2.47 bits per heavy atom. The van der Waals surface area contributed by atoms with E-state index in [0.29, 0.717) is 12.0 Å². The van der Waals surface area contributed by atoms with Gasteiger partial charge in [0.2, 0.25) is 0 Å². The van der Waals surface area contributed by atoms with Crippen LogP contribution >= 0.6 is 15.9 Å². The average Bonchev–Trinajstić information content (AvgIpc) is 2.60. The zero-order valence-corrected chi connectivity index (χ0v) is 11.5. The van der Waals surface area contributed by atoms with Crippen molar-refractivity contribution < 1.29 is 4.42 Å². The first kappa shape index (κ1) is 12.8. The molecule has 3 heteroatoms. The van der Waals surface area contributed by atoms with Crippen molar-refractivity contribution in [1.82, 2.24) is 5.32 Å². The fraction of sp³-hybridized carbons (Fsp3) is 0.667. The number of nitrogens with one attached hydrogen (secondary N) is 1. The largest absolute Gasteiger partial charge is 0.466 e. The standard InChI is InChI=1S/C12H20BrNO/c1-5-11(8(2)3)14-9(4)12-10(13)6-7-15-12/h6-9,11,14H,5H2,1-4H3. The van der Waals surface area contributed by atoms with Crippen LogP contribution < -0.4 is 5.32 Å². The molecule has 2 nitrogen and oxygen atoms in total. The van der Waals surface area contributed by atoms with Crippen LogP contribution in [0.15, 0.2) is 21.2 Å². The highest BCUT2D eigenvalue weighted by Gasteiger charge is 2.18. The van der Waals surface area contributed by atoms with Gasteiger partial charge in [0, 0.05) is 6.04 Å². The van der Waals surface area contributed by atoms with E-state index in [-0.39, 0.29) is 6.04 Å². The summed E-state index contributed by atoms with van der Waals surface area (Å²) in [7, 11) is 0.